The number of carbonyl (C=O) groups excluding carboxylic acids is 2. The van der Waals surface area contributed by atoms with Gasteiger partial charge in [-0.25, -0.2) is 0 Å². The molecule has 1 aromatic rings. The molecule has 0 spiro atoms. The van der Waals surface area contributed by atoms with Crippen LogP contribution in [0, 0.1) is 5.41 Å². The average Bonchev–Trinajstić information content (AvgIpc) is 3.00. The van der Waals surface area contributed by atoms with Crippen molar-refractivity contribution in [1.29, 1.82) is 0 Å². The number of hydrogen-bond donors (Lipinski definition) is 0. The smallest absolute Gasteiger partial charge is 0.543 e. The molecule has 7 heteroatoms. The topological polar surface area (TPSA) is 82.8 Å². The van der Waals surface area contributed by atoms with E-state index in [-0.39, 0.29) is 41.0 Å². The van der Waals surface area contributed by atoms with Gasteiger partial charge >= 0.3 is 29.6 Å². The number of carbonyl (C=O) groups is 2. The van der Waals surface area contributed by atoms with Gasteiger partial charge in [0.15, 0.2) is 0 Å². The minimum atomic E-state index is -1.41. The van der Waals surface area contributed by atoms with Crippen molar-refractivity contribution >= 4 is 18.0 Å². The molecule has 0 saturated carbocycles. The van der Waals surface area contributed by atoms with E-state index >= 15 is 0 Å². The summed E-state index contributed by atoms with van der Waals surface area (Å²) in [5.41, 5.74) is -0.361. The summed E-state index contributed by atoms with van der Waals surface area (Å²) in [5.74, 6) is -1.05. The summed E-state index contributed by atoms with van der Waals surface area (Å²) in [4.78, 5) is 24.6. The molecule has 1 amide bonds. The molecule has 1 fully saturated rings. The number of fused-ring (bicyclic) bond motifs is 1. The van der Waals surface area contributed by atoms with Crippen LogP contribution in [0.25, 0.3) is 6.08 Å². The summed E-state index contributed by atoms with van der Waals surface area (Å²) in [6, 6.07) is 3.41. The van der Waals surface area contributed by atoms with E-state index in [0.29, 0.717) is 11.3 Å². The average molecular weight is 311 g/mol. The van der Waals surface area contributed by atoms with E-state index in [4.69, 9.17) is 9.15 Å². The zero-order chi connectivity index (χ0) is 15.4. The number of ether oxygens (including phenoxy) is 1. The van der Waals surface area contributed by atoms with Crippen LogP contribution in [0.5, 0.6) is 0 Å². The summed E-state index contributed by atoms with van der Waals surface area (Å²) in [6.07, 6.45) is 2.33. The van der Waals surface area contributed by atoms with Gasteiger partial charge in [0.05, 0.1) is 17.8 Å². The SMILES string of the molecule is CC(C)(C)C1=C(C(=O)[O-])N2C(=O)/C(=C/c3ccco3)C2O1.[Na+]. The van der Waals surface area contributed by atoms with Crippen molar-refractivity contribution in [3.05, 3.63) is 41.2 Å². The van der Waals surface area contributed by atoms with Crippen molar-refractivity contribution in [2.24, 2.45) is 5.41 Å². The van der Waals surface area contributed by atoms with Gasteiger partial charge in [0.2, 0.25) is 6.23 Å². The minimum absolute atomic E-state index is 0. The molecule has 0 bridgehead atoms. The van der Waals surface area contributed by atoms with E-state index in [2.05, 4.69) is 0 Å². The third-order valence-corrected chi connectivity index (χ3v) is 3.37. The molecule has 2 aliphatic rings. The molecular weight excluding hydrogens is 297 g/mol. The van der Waals surface area contributed by atoms with Gasteiger partial charge in [0.1, 0.15) is 17.2 Å². The number of β-lactam (4-membered cyclic amide) rings is 1. The number of nitrogens with zero attached hydrogens (tertiary/aromatic N) is 1. The maximum absolute atomic E-state index is 12.2. The number of carboxylic acids is 1. The van der Waals surface area contributed by atoms with Crippen LogP contribution in [0.1, 0.15) is 26.5 Å². The maximum atomic E-state index is 12.2. The Bertz CT molecular complexity index is 681. The van der Waals surface area contributed by atoms with Crippen molar-refractivity contribution in [1.82, 2.24) is 4.90 Å². The van der Waals surface area contributed by atoms with Gasteiger partial charge in [-0.2, -0.15) is 0 Å². The summed E-state index contributed by atoms with van der Waals surface area (Å²) in [7, 11) is 0. The van der Waals surface area contributed by atoms with Gasteiger partial charge in [-0.15, -0.1) is 0 Å². The Kier molecular flexibility index (Phi) is 4.30. The summed E-state index contributed by atoms with van der Waals surface area (Å²) >= 11 is 0. The van der Waals surface area contributed by atoms with Gasteiger partial charge in [0, 0.05) is 5.41 Å². The van der Waals surface area contributed by atoms with Gasteiger partial charge in [-0.1, -0.05) is 20.8 Å². The van der Waals surface area contributed by atoms with Crippen molar-refractivity contribution in [2.45, 2.75) is 27.0 Å². The largest absolute Gasteiger partial charge is 1.00 e. The fourth-order valence-corrected chi connectivity index (χ4v) is 2.42. The van der Waals surface area contributed by atoms with Crippen LogP contribution in [-0.4, -0.2) is 23.0 Å². The van der Waals surface area contributed by atoms with Crippen molar-refractivity contribution < 1.29 is 53.4 Å². The number of amides is 1. The Morgan fingerprint density at radius 1 is 1.41 bits per heavy atom. The number of aliphatic carboxylic acids is 1. The van der Waals surface area contributed by atoms with E-state index in [1.54, 1.807) is 18.2 Å². The number of allylic oxidation sites excluding steroid dienone is 1. The molecular formula is C15H14NNaO5. The Morgan fingerprint density at radius 2 is 2.09 bits per heavy atom. The summed E-state index contributed by atoms with van der Waals surface area (Å²) < 4.78 is 10.8. The van der Waals surface area contributed by atoms with Crippen molar-refractivity contribution in [2.75, 3.05) is 0 Å². The second kappa shape index (κ2) is 5.61. The van der Waals surface area contributed by atoms with Gasteiger partial charge in [-0.05, 0) is 18.2 Å². The van der Waals surface area contributed by atoms with Crippen LogP contribution in [-0.2, 0) is 14.3 Å². The fraction of sp³-hybridized carbons (Fsp3) is 0.333. The molecule has 1 aromatic heterocycles. The van der Waals surface area contributed by atoms with Crippen LogP contribution >= 0.6 is 0 Å². The van der Waals surface area contributed by atoms with E-state index in [0.717, 1.165) is 4.90 Å². The van der Waals surface area contributed by atoms with E-state index in [9.17, 15) is 14.7 Å². The third kappa shape index (κ3) is 2.51. The molecule has 0 aliphatic carbocycles. The quantitative estimate of drug-likeness (QED) is 0.354. The normalized spacial score (nSPS) is 22.1. The molecule has 1 atom stereocenters. The number of carboxylic acid groups (broad SMARTS) is 1. The predicted molar refractivity (Wildman–Crippen MR) is 69.9 cm³/mol. The molecule has 110 valence electrons. The van der Waals surface area contributed by atoms with E-state index in [1.807, 2.05) is 20.8 Å². The molecule has 0 aromatic carbocycles. The zero-order valence-electron chi connectivity index (χ0n) is 12.9. The van der Waals surface area contributed by atoms with Crippen LogP contribution in [0.4, 0.5) is 0 Å². The third-order valence-electron chi connectivity index (χ3n) is 3.37. The van der Waals surface area contributed by atoms with Crippen LogP contribution < -0.4 is 34.7 Å². The van der Waals surface area contributed by atoms with Crippen LogP contribution in [0.3, 0.4) is 0 Å². The van der Waals surface area contributed by atoms with E-state index in [1.165, 1.54) is 6.26 Å². The van der Waals surface area contributed by atoms with Crippen molar-refractivity contribution in [3.63, 3.8) is 0 Å². The van der Waals surface area contributed by atoms with E-state index < -0.39 is 23.5 Å². The number of rotatable bonds is 2. The maximum Gasteiger partial charge on any atom is 1.00 e. The van der Waals surface area contributed by atoms with Gasteiger partial charge in [0.25, 0.3) is 5.91 Å². The Labute approximate surface area is 149 Å². The number of hydrogen-bond acceptors (Lipinski definition) is 5. The Balaban J connectivity index is 0.00000176. The first-order chi connectivity index (χ1) is 9.80. The molecule has 1 saturated heterocycles. The molecule has 1 unspecified atom stereocenters. The molecule has 0 N–H and O–H groups in total. The van der Waals surface area contributed by atoms with Crippen molar-refractivity contribution in [3.8, 4) is 0 Å². The summed E-state index contributed by atoms with van der Waals surface area (Å²) in [6.45, 7) is 5.45. The first-order valence-electron chi connectivity index (χ1n) is 6.52. The molecule has 3 rings (SSSR count). The fourth-order valence-electron chi connectivity index (χ4n) is 2.42. The predicted octanol–water partition coefficient (Wildman–Crippen LogP) is -2.13. The first-order valence-corrected chi connectivity index (χ1v) is 6.52. The standard InChI is InChI=1S/C15H15NO5.Na/c1-15(2,3)11-10(14(18)19)16-12(17)9(13(16)21-11)7-8-5-4-6-20-8;/h4-7,13H,1-3H3,(H,18,19);/q;+1/p-1/b9-7-;. The molecule has 2 aliphatic heterocycles. The van der Waals surface area contributed by atoms with Gasteiger partial charge < -0.3 is 19.1 Å². The van der Waals surface area contributed by atoms with Crippen LogP contribution in [0.15, 0.2) is 39.8 Å². The van der Waals surface area contributed by atoms with Crippen LogP contribution in [0.2, 0.25) is 0 Å². The Hall–Kier alpha value is -1.50. The monoisotopic (exact) mass is 311 g/mol. The second-order valence-corrected chi connectivity index (χ2v) is 5.98. The van der Waals surface area contributed by atoms with Gasteiger partial charge in [-0.3, -0.25) is 9.69 Å². The second-order valence-electron chi connectivity index (χ2n) is 5.98. The molecule has 3 heterocycles. The Morgan fingerprint density at radius 3 is 2.59 bits per heavy atom. The molecule has 6 nitrogen and oxygen atoms in total. The molecule has 22 heavy (non-hydrogen) atoms. The summed E-state index contributed by atoms with van der Waals surface area (Å²) in [5, 5.41) is 11.3. The zero-order valence-corrected chi connectivity index (χ0v) is 14.9. The first kappa shape index (κ1) is 16.9. The number of furan rings is 1. The molecule has 0 radical (unpaired) electrons. The minimum Gasteiger partial charge on any atom is -0.543 e.